The zero-order valence-electron chi connectivity index (χ0n) is 10.1. The highest BCUT2D eigenvalue weighted by Crippen LogP contribution is 2.26. The summed E-state index contributed by atoms with van der Waals surface area (Å²) in [6.07, 6.45) is 1.05. The van der Waals surface area contributed by atoms with Crippen LogP contribution in [0.15, 0.2) is 0 Å². The van der Waals surface area contributed by atoms with E-state index in [9.17, 15) is 5.11 Å². The Morgan fingerprint density at radius 1 is 1.44 bits per heavy atom. The van der Waals surface area contributed by atoms with Crippen molar-refractivity contribution in [2.45, 2.75) is 25.5 Å². The van der Waals surface area contributed by atoms with Crippen molar-refractivity contribution in [1.82, 2.24) is 9.78 Å². The quantitative estimate of drug-likeness (QED) is 0.654. The van der Waals surface area contributed by atoms with Gasteiger partial charge in [0.05, 0.1) is 19.3 Å². The highest BCUT2D eigenvalue weighted by Gasteiger charge is 2.24. The third-order valence-corrected chi connectivity index (χ3v) is 3.16. The maximum atomic E-state index is 9.47. The fourth-order valence-corrected chi connectivity index (χ4v) is 2.13. The van der Waals surface area contributed by atoms with Crippen LogP contribution in [0.2, 0.25) is 0 Å². The molecule has 0 spiro atoms. The summed E-state index contributed by atoms with van der Waals surface area (Å²) in [6.45, 7) is 1.52. The Labute approximate surface area is 105 Å². The van der Waals surface area contributed by atoms with Gasteiger partial charge in [-0.1, -0.05) is 0 Å². The number of anilines is 2. The lowest BCUT2D eigenvalue weighted by atomic mass is 10.1. The van der Waals surface area contributed by atoms with Crippen molar-refractivity contribution in [3.05, 3.63) is 5.56 Å². The molecule has 1 aromatic rings. The van der Waals surface area contributed by atoms with Gasteiger partial charge >= 0.3 is 0 Å². The lowest BCUT2D eigenvalue weighted by molar-refractivity contribution is 0.145. The summed E-state index contributed by atoms with van der Waals surface area (Å²) in [4.78, 5) is 1.95. The first-order chi connectivity index (χ1) is 8.67. The molecule has 0 radical (unpaired) electrons. The molecule has 1 aliphatic rings. The molecule has 0 unspecified atom stereocenters. The van der Waals surface area contributed by atoms with Crippen molar-refractivity contribution in [2.24, 2.45) is 0 Å². The van der Waals surface area contributed by atoms with Crippen molar-refractivity contribution in [1.29, 1.82) is 5.26 Å². The lowest BCUT2D eigenvalue weighted by Crippen LogP contribution is -2.36. The van der Waals surface area contributed by atoms with E-state index in [-0.39, 0.29) is 25.1 Å². The Morgan fingerprint density at radius 3 is 2.67 bits per heavy atom. The Morgan fingerprint density at radius 2 is 2.11 bits per heavy atom. The van der Waals surface area contributed by atoms with Gasteiger partial charge in [0.25, 0.3) is 0 Å². The molecule has 7 nitrogen and oxygen atoms in total. The number of aliphatic hydroxyl groups excluding tert-OH is 2. The van der Waals surface area contributed by atoms with E-state index in [0.717, 1.165) is 0 Å². The van der Waals surface area contributed by atoms with Gasteiger partial charge in [-0.3, -0.25) is 0 Å². The molecule has 1 aliphatic heterocycles. The SMILES string of the molecule is N#Cc1c(N2CCC(O)CC2)nn(CCO)c1N. The van der Waals surface area contributed by atoms with Crippen LogP contribution < -0.4 is 10.6 Å². The highest BCUT2D eigenvalue weighted by atomic mass is 16.3. The lowest BCUT2D eigenvalue weighted by Gasteiger charge is -2.29. The minimum atomic E-state index is -0.274. The number of rotatable bonds is 3. The predicted octanol–water partition coefficient (Wildman–Crippen LogP) is -0.710. The van der Waals surface area contributed by atoms with Crippen LogP contribution in [0.5, 0.6) is 0 Å². The van der Waals surface area contributed by atoms with E-state index < -0.39 is 0 Å². The molecule has 0 amide bonds. The zero-order valence-corrected chi connectivity index (χ0v) is 10.1. The van der Waals surface area contributed by atoms with Crippen molar-refractivity contribution in [2.75, 3.05) is 30.3 Å². The third-order valence-electron chi connectivity index (χ3n) is 3.16. The molecule has 0 bridgehead atoms. The molecule has 0 aliphatic carbocycles. The van der Waals surface area contributed by atoms with E-state index in [2.05, 4.69) is 11.2 Å². The molecule has 98 valence electrons. The van der Waals surface area contributed by atoms with E-state index >= 15 is 0 Å². The van der Waals surface area contributed by atoms with E-state index in [0.29, 0.717) is 37.3 Å². The number of aromatic nitrogens is 2. The number of nitrogen functional groups attached to an aromatic ring is 1. The predicted molar refractivity (Wildman–Crippen MR) is 65.9 cm³/mol. The average molecular weight is 251 g/mol. The summed E-state index contributed by atoms with van der Waals surface area (Å²) in [5.74, 6) is 0.836. The van der Waals surface area contributed by atoms with Crippen LogP contribution in [0, 0.1) is 11.3 Å². The van der Waals surface area contributed by atoms with Gasteiger partial charge in [-0.05, 0) is 12.8 Å². The van der Waals surface area contributed by atoms with Gasteiger partial charge in [-0.25, -0.2) is 4.68 Å². The molecule has 2 rings (SSSR count). The first kappa shape index (κ1) is 12.7. The molecule has 2 heterocycles. The molecule has 1 saturated heterocycles. The monoisotopic (exact) mass is 251 g/mol. The first-order valence-corrected chi connectivity index (χ1v) is 5.97. The average Bonchev–Trinajstić information content (AvgIpc) is 2.68. The van der Waals surface area contributed by atoms with Gasteiger partial charge in [0.15, 0.2) is 5.82 Å². The Hall–Kier alpha value is -1.78. The topological polar surface area (TPSA) is 111 Å². The van der Waals surface area contributed by atoms with E-state index in [4.69, 9.17) is 16.1 Å². The van der Waals surface area contributed by atoms with Crippen LogP contribution in [0.1, 0.15) is 18.4 Å². The van der Waals surface area contributed by atoms with Gasteiger partial charge in [-0.2, -0.15) is 10.4 Å². The smallest absolute Gasteiger partial charge is 0.170 e. The zero-order chi connectivity index (χ0) is 13.1. The van der Waals surface area contributed by atoms with Crippen LogP contribution in [-0.4, -0.2) is 45.8 Å². The van der Waals surface area contributed by atoms with Gasteiger partial charge in [0.1, 0.15) is 17.5 Å². The largest absolute Gasteiger partial charge is 0.394 e. The van der Waals surface area contributed by atoms with Gasteiger partial charge < -0.3 is 20.8 Å². The van der Waals surface area contributed by atoms with E-state index in [1.807, 2.05) is 4.90 Å². The van der Waals surface area contributed by atoms with Crippen molar-refractivity contribution < 1.29 is 10.2 Å². The number of nitrogens with zero attached hydrogens (tertiary/aromatic N) is 4. The standard InChI is InChI=1S/C11H17N5O2/c12-7-9-10(13)16(5-6-17)14-11(9)15-3-1-8(18)2-4-15/h8,17-18H,1-6,13H2. The summed E-state index contributed by atoms with van der Waals surface area (Å²) in [6, 6.07) is 2.06. The molecule has 4 N–H and O–H groups in total. The maximum absolute atomic E-state index is 9.47. The third kappa shape index (κ3) is 2.25. The molecule has 7 heteroatoms. The van der Waals surface area contributed by atoms with E-state index in [1.165, 1.54) is 4.68 Å². The summed E-state index contributed by atoms with van der Waals surface area (Å²) < 4.78 is 1.44. The Bertz CT molecular complexity index is 457. The Kier molecular flexibility index (Phi) is 3.69. The number of hydrogen-bond donors (Lipinski definition) is 3. The fourth-order valence-electron chi connectivity index (χ4n) is 2.13. The second-order valence-electron chi connectivity index (χ2n) is 4.36. The molecular formula is C11H17N5O2. The number of nitrogens with two attached hydrogens (primary N) is 1. The van der Waals surface area contributed by atoms with Crippen LogP contribution in [-0.2, 0) is 6.54 Å². The first-order valence-electron chi connectivity index (χ1n) is 5.97. The van der Waals surface area contributed by atoms with E-state index in [1.54, 1.807) is 0 Å². The summed E-state index contributed by atoms with van der Waals surface area (Å²) in [5, 5.41) is 31.8. The second-order valence-corrected chi connectivity index (χ2v) is 4.36. The number of piperidine rings is 1. The summed E-state index contributed by atoms with van der Waals surface area (Å²) in [7, 11) is 0. The van der Waals surface area contributed by atoms with Crippen molar-refractivity contribution in [3.8, 4) is 6.07 Å². The molecule has 0 saturated carbocycles. The van der Waals surface area contributed by atoms with Crippen LogP contribution in [0.3, 0.4) is 0 Å². The van der Waals surface area contributed by atoms with Crippen LogP contribution >= 0.6 is 0 Å². The molecular weight excluding hydrogens is 234 g/mol. The number of hydrogen-bond acceptors (Lipinski definition) is 6. The minimum absolute atomic E-state index is 0.0745. The van der Waals surface area contributed by atoms with Gasteiger partial charge in [0.2, 0.25) is 0 Å². The molecule has 0 atom stereocenters. The van der Waals surface area contributed by atoms with Crippen molar-refractivity contribution in [3.63, 3.8) is 0 Å². The normalized spacial score (nSPS) is 16.8. The molecule has 18 heavy (non-hydrogen) atoms. The molecule has 1 fully saturated rings. The van der Waals surface area contributed by atoms with Crippen LogP contribution in [0.4, 0.5) is 11.6 Å². The summed E-state index contributed by atoms with van der Waals surface area (Å²) in [5.41, 5.74) is 6.17. The summed E-state index contributed by atoms with van der Waals surface area (Å²) >= 11 is 0. The highest BCUT2D eigenvalue weighted by molar-refractivity contribution is 5.65. The van der Waals surface area contributed by atoms with Gasteiger partial charge in [-0.15, -0.1) is 0 Å². The molecule has 0 aromatic carbocycles. The fraction of sp³-hybridized carbons (Fsp3) is 0.636. The van der Waals surface area contributed by atoms with Gasteiger partial charge in [0, 0.05) is 13.1 Å². The second kappa shape index (κ2) is 5.25. The Balaban J connectivity index is 2.27. The number of aliphatic hydroxyl groups is 2. The van der Waals surface area contributed by atoms with Crippen LogP contribution in [0.25, 0.3) is 0 Å². The number of nitriles is 1. The molecule has 1 aromatic heterocycles. The van der Waals surface area contributed by atoms with Crippen molar-refractivity contribution >= 4 is 11.6 Å². The minimum Gasteiger partial charge on any atom is -0.394 e. The maximum Gasteiger partial charge on any atom is 0.170 e.